The molecule has 0 radical (unpaired) electrons. The molecule has 0 saturated heterocycles. The molecule has 0 atom stereocenters. The van der Waals surface area contributed by atoms with Crippen LogP contribution < -0.4 is 0 Å². The average molecular weight is 550 g/mol. The van der Waals surface area contributed by atoms with Crippen LogP contribution in [0.5, 0.6) is 0 Å². The SMILES string of the molecule is O=C(n1nc(C(F)(F)C(F)(F)C(F)(F)C(F)(F)F)cc1C(F)(F)F)C(F)(F)C(F)(F)C(F)(F)F. The summed E-state index contributed by atoms with van der Waals surface area (Å²) >= 11 is 0. The molecule has 3 nitrogen and oxygen atoms in total. The number of carbonyl (C=O) groups is 1. The lowest BCUT2D eigenvalue weighted by Gasteiger charge is -2.32. The van der Waals surface area contributed by atoms with E-state index < -0.39 is 76.2 Å². The molecule has 0 bridgehead atoms. The Labute approximate surface area is 171 Å². The summed E-state index contributed by atoms with van der Waals surface area (Å²) in [6.45, 7) is 0. The molecule has 0 fully saturated rings. The summed E-state index contributed by atoms with van der Waals surface area (Å²) in [6.07, 6.45) is -21.5. The highest BCUT2D eigenvalue weighted by atomic mass is 19.4. The van der Waals surface area contributed by atoms with Crippen molar-refractivity contribution in [3.05, 3.63) is 17.5 Å². The molecular weight excluding hydrogens is 549 g/mol. The van der Waals surface area contributed by atoms with E-state index in [0.717, 1.165) is 0 Å². The van der Waals surface area contributed by atoms with Crippen LogP contribution in [0, 0.1) is 0 Å². The molecule has 0 aromatic carbocycles. The van der Waals surface area contributed by atoms with Gasteiger partial charge in [-0.3, -0.25) is 4.79 Å². The van der Waals surface area contributed by atoms with Crippen LogP contribution in [0.2, 0.25) is 0 Å². The predicted molar refractivity (Wildman–Crippen MR) is 63.6 cm³/mol. The highest BCUT2D eigenvalue weighted by Crippen LogP contribution is 2.57. The van der Waals surface area contributed by atoms with Gasteiger partial charge in [-0.15, -0.1) is 0 Å². The van der Waals surface area contributed by atoms with E-state index in [9.17, 15) is 88.2 Å². The molecule has 1 heterocycles. The highest BCUT2D eigenvalue weighted by molar-refractivity contribution is 5.87. The molecule has 0 unspecified atom stereocenters. The van der Waals surface area contributed by atoms with Crippen molar-refractivity contribution in [3.8, 4) is 0 Å². The fourth-order valence-corrected chi connectivity index (χ4v) is 1.87. The fourth-order valence-electron chi connectivity index (χ4n) is 1.87. The monoisotopic (exact) mass is 550 g/mol. The molecule has 22 heteroatoms. The van der Waals surface area contributed by atoms with E-state index in [2.05, 4.69) is 0 Å². The van der Waals surface area contributed by atoms with Gasteiger partial charge in [0.2, 0.25) is 0 Å². The lowest BCUT2D eigenvalue weighted by atomic mass is 10.0. The number of carbonyl (C=O) groups excluding carboxylic acids is 1. The van der Waals surface area contributed by atoms with Crippen LogP contribution in [-0.2, 0) is 12.1 Å². The van der Waals surface area contributed by atoms with Crippen molar-refractivity contribution in [1.29, 1.82) is 0 Å². The zero-order valence-electron chi connectivity index (χ0n) is 14.6. The standard InChI is InChI=1S/C12HF19N2O/c13-5(14,8(20,21)10(24,25)12(29,30)31)2-1-3(7(17,18)19)33(32-2)4(34)6(15,16)9(22,23)11(26,27)28/h1H. The molecule has 1 aromatic rings. The van der Waals surface area contributed by atoms with Crippen molar-refractivity contribution in [3.63, 3.8) is 0 Å². The van der Waals surface area contributed by atoms with E-state index in [-0.39, 0.29) is 0 Å². The Morgan fingerprint density at radius 3 is 1.32 bits per heavy atom. The van der Waals surface area contributed by atoms with Crippen LogP contribution in [0.15, 0.2) is 6.07 Å². The fraction of sp³-hybridized carbons (Fsp3) is 0.667. The van der Waals surface area contributed by atoms with Crippen molar-refractivity contribution in [2.75, 3.05) is 0 Å². The zero-order valence-corrected chi connectivity index (χ0v) is 14.6. The van der Waals surface area contributed by atoms with E-state index >= 15 is 0 Å². The second-order valence-electron chi connectivity index (χ2n) is 6.00. The molecule has 198 valence electrons. The summed E-state index contributed by atoms with van der Waals surface area (Å²) in [4.78, 5) is 11.3. The third kappa shape index (κ3) is 4.11. The largest absolute Gasteiger partial charge is 0.460 e. The normalized spacial score (nSPS) is 15.6. The molecule has 0 N–H and O–H groups in total. The van der Waals surface area contributed by atoms with Crippen LogP contribution in [0.4, 0.5) is 83.4 Å². The Hall–Kier alpha value is -2.45. The lowest BCUT2D eigenvalue weighted by Crippen LogP contribution is -2.59. The average Bonchev–Trinajstić information content (AvgIpc) is 3.04. The summed E-state index contributed by atoms with van der Waals surface area (Å²) in [5.74, 6) is -42.0. The van der Waals surface area contributed by atoms with Gasteiger partial charge in [-0.1, -0.05) is 0 Å². The second-order valence-corrected chi connectivity index (χ2v) is 6.00. The van der Waals surface area contributed by atoms with Crippen molar-refractivity contribution in [1.82, 2.24) is 9.78 Å². The van der Waals surface area contributed by atoms with Crippen molar-refractivity contribution < 1.29 is 88.2 Å². The molecule has 0 aliphatic carbocycles. The van der Waals surface area contributed by atoms with E-state index in [4.69, 9.17) is 0 Å². The summed E-state index contributed by atoms with van der Waals surface area (Å²) in [5, 5.41) is 1.31. The van der Waals surface area contributed by atoms with Gasteiger partial charge >= 0.3 is 54.0 Å². The zero-order chi connectivity index (χ0) is 27.7. The topological polar surface area (TPSA) is 34.9 Å². The Morgan fingerprint density at radius 1 is 0.618 bits per heavy atom. The molecule has 1 rings (SSSR count). The molecular formula is C12HF19N2O. The quantitative estimate of drug-likeness (QED) is 0.404. The molecule has 1 aromatic heterocycles. The maximum atomic E-state index is 13.7. The predicted octanol–water partition coefficient (Wildman–Crippen LogP) is 6.30. The Morgan fingerprint density at radius 2 is 1.00 bits per heavy atom. The Kier molecular flexibility index (Phi) is 6.54. The van der Waals surface area contributed by atoms with Crippen LogP contribution in [-0.4, -0.2) is 51.7 Å². The van der Waals surface area contributed by atoms with Gasteiger partial charge in [-0.2, -0.15) is 93.2 Å². The molecule has 0 amide bonds. The first kappa shape index (κ1) is 29.6. The molecule has 0 spiro atoms. The first-order valence-corrected chi connectivity index (χ1v) is 7.24. The maximum absolute atomic E-state index is 13.7. The van der Waals surface area contributed by atoms with Gasteiger partial charge in [-0.25, -0.2) is 0 Å². The number of rotatable bonds is 5. The number of nitrogens with zero attached hydrogens (tertiary/aromatic N) is 2. The maximum Gasteiger partial charge on any atom is 0.460 e. The Bertz CT molecular complexity index is 931. The number of hydrogen-bond acceptors (Lipinski definition) is 2. The van der Waals surface area contributed by atoms with Gasteiger partial charge in [0.15, 0.2) is 5.69 Å². The highest BCUT2D eigenvalue weighted by Gasteiger charge is 2.83. The van der Waals surface area contributed by atoms with Crippen LogP contribution >= 0.6 is 0 Å². The smallest absolute Gasteiger partial charge is 0.265 e. The van der Waals surface area contributed by atoms with Gasteiger partial charge in [0, 0.05) is 0 Å². The summed E-state index contributed by atoms with van der Waals surface area (Å²) < 4.78 is 241. The Balaban J connectivity index is 3.86. The van der Waals surface area contributed by atoms with Gasteiger partial charge in [0.05, 0.1) is 0 Å². The van der Waals surface area contributed by atoms with Crippen LogP contribution in [0.1, 0.15) is 16.2 Å². The van der Waals surface area contributed by atoms with E-state index in [0.29, 0.717) is 0 Å². The van der Waals surface area contributed by atoms with E-state index in [1.807, 2.05) is 0 Å². The lowest BCUT2D eigenvalue weighted by molar-refractivity contribution is -0.400. The van der Waals surface area contributed by atoms with Gasteiger partial charge in [0.1, 0.15) is 5.69 Å². The minimum Gasteiger partial charge on any atom is -0.265 e. The molecule has 0 saturated carbocycles. The second kappa shape index (κ2) is 7.52. The number of alkyl halides is 19. The minimum atomic E-state index is -7.76. The first-order valence-electron chi connectivity index (χ1n) is 7.24. The van der Waals surface area contributed by atoms with E-state index in [1.165, 1.54) is 5.10 Å². The van der Waals surface area contributed by atoms with Crippen molar-refractivity contribution >= 4 is 5.91 Å². The van der Waals surface area contributed by atoms with Gasteiger partial charge < -0.3 is 0 Å². The van der Waals surface area contributed by atoms with Crippen molar-refractivity contribution in [2.24, 2.45) is 0 Å². The third-order valence-corrected chi connectivity index (χ3v) is 3.68. The van der Waals surface area contributed by atoms with E-state index in [1.54, 1.807) is 0 Å². The molecule has 34 heavy (non-hydrogen) atoms. The van der Waals surface area contributed by atoms with Gasteiger partial charge in [0.25, 0.3) is 0 Å². The summed E-state index contributed by atoms with van der Waals surface area (Å²) in [6, 6.07) is -1.71. The van der Waals surface area contributed by atoms with Crippen molar-refractivity contribution in [2.45, 2.75) is 48.1 Å². The number of hydrogen-bond donors (Lipinski definition) is 0. The minimum absolute atomic E-state index is 1.31. The first-order chi connectivity index (χ1) is 14.5. The molecule has 0 aliphatic rings. The summed E-state index contributed by atoms with van der Waals surface area (Å²) in [7, 11) is 0. The number of aromatic nitrogens is 2. The summed E-state index contributed by atoms with van der Waals surface area (Å²) in [5.41, 5.74) is -7.18. The van der Waals surface area contributed by atoms with Crippen LogP contribution in [0.3, 0.4) is 0 Å². The van der Waals surface area contributed by atoms with Gasteiger partial charge in [-0.05, 0) is 6.07 Å². The number of halogens is 19. The van der Waals surface area contributed by atoms with Crippen LogP contribution in [0.25, 0.3) is 0 Å². The molecule has 0 aliphatic heterocycles. The third-order valence-electron chi connectivity index (χ3n) is 3.68.